The van der Waals surface area contributed by atoms with Crippen molar-refractivity contribution in [1.29, 1.82) is 0 Å². The monoisotopic (exact) mass is 211 g/mol. The average molecular weight is 211 g/mol. The van der Waals surface area contributed by atoms with Crippen LogP contribution in [-0.2, 0) is 4.74 Å². The second-order valence-electron chi connectivity index (χ2n) is 6.37. The minimum atomic E-state index is 0.00655. The fourth-order valence-electron chi connectivity index (χ4n) is 3.07. The zero-order valence-corrected chi connectivity index (χ0v) is 10.6. The molecule has 1 saturated heterocycles. The van der Waals surface area contributed by atoms with Crippen molar-refractivity contribution in [3.63, 3.8) is 0 Å². The Morgan fingerprint density at radius 1 is 1.07 bits per heavy atom. The molecule has 0 bridgehead atoms. The van der Waals surface area contributed by atoms with Crippen molar-refractivity contribution in [2.45, 2.75) is 77.7 Å². The van der Waals surface area contributed by atoms with E-state index in [0.29, 0.717) is 17.6 Å². The summed E-state index contributed by atoms with van der Waals surface area (Å²) >= 11 is 0. The van der Waals surface area contributed by atoms with Crippen LogP contribution < -0.4 is 5.32 Å². The number of nitrogens with one attached hydrogen (secondary N) is 1. The summed E-state index contributed by atoms with van der Waals surface area (Å²) in [6, 6.07) is 0.606. The van der Waals surface area contributed by atoms with E-state index in [-0.39, 0.29) is 5.72 Å². The van der Waals surface area contributed by atoms with Gasteiger partial charge in [0.2, 0.25) is 0 Å². The first-order chi connectivity index (χ1) is 6.91. The standard InChI is InChI=1S/C13H25NO/c1-10-9-11(2)15-13(14-10)7-5-12(3,4)6-8-13/h10-11,14H,5-9H2,1-4H3. The van der Waals surface area contributed by atoms with Gasteiger partial charge < -0.3 is 4.74 Å². The molecule has 1 aliphatic heterocycles. The van der Waals surface area contributed by atoms with E-state index in [2.05, 4.69) is 33.0 Å². The van der Waals surface area contributed by atoms with Crippen molar-refractivity contribution < 1.29 is 4.74 Å². The predicted octanol–water partition coefficient (Wildman–Crippen LogP) is 3.07. The van der Waals surface area contributed by atoms with E-state index in [4.69, 9.17) is 4.74 Å². The van der Waals surface area contributed by atoms with Crippen molar-refractivity contribution in [2.24, 2.45) is 5.41 Å². The molecule has 2 aliphatic rings. The fraction of sp³-hybridized carbons (Fsp3) is 1.00. The van der Waals surface area contributed by atoms with E-state index in [0.717, 1.165) is 6.42 Å². The normalized spacial score (nSPS) is 39.2. The molecule has 1 saturated carbocycles. The molecular formula is C13H25NO. The molecule has 2 rings (SSSR count). The highest BCUT2D eigenvalue weighted by Gasteiger charge is 2.43. The molecule has 2 heteroatoms. The lowest BCUT2D eigenvalue weighted by atomic mass is 9.73. The maximum Gasteiger partial charge on any atom is 0.119 e. The Bertz CT molecular complexity index is 215. The van der Waals surface area contributed by atoms with Crippen LogP contribution in [-0.4, -0.2) is 17.9 Å². The zero-order valence-electron chi connectivity index (χ0n) is 10.6. The van der Waals surface area contributed by atoms with Crippen LogP contribution in [0.3, 0.4) is 0 Å². The third kappa shape index (κ3) is 2.54. The van der Waals surface area contributed by atoms with E-state index < -0.39 is 0 Å². The van der Waals surface area contributed by atoms with Crippen LogP contribution >= 0.6 is 0 Å². The van der Waals surface area contributed by atoms with Gasteiger partial charge in [0.1, 0.15) is 5.72 Å². The summed E-state index contributed by atoms with van der Waals surface area (Å²) < 4.78 is 6.17. The van der Waals surface area contributed by atoms with E-state index in [9.17, 15) is 0 Å². The lowest BCUT2D eigenvalue weighted by molar-refractivity contribution is -0.174. The van der Waals surface area contributed by atoms with Gasteiger partial charge in [0.05, 0.1) is 6.10 Å². The molecule has 2 fully saturated rings. The van der Waals surface area contributed by atoms with Gasteiger partial charge in [-0.2, -0.15) is 0 Å². The van der Waals surface area contributed by atoms with E-state index in [1.54, 1.807) is 0 Å². The van der Waals surface area contributed by atoms with Gasteiger partial charge in [0.25, 0.3) is 0 Å². The summed E-state index contributed by atoms with van der Waals surface area (Å²) in [6.07, 6.45) is 6.47. The first-order valence-corrected chi connectivity index (χ1v) is 6.36. The van der Waals surface area contributed by atoms with Gasteiger partial charge in [-0.25, -0.2) is 0 Å². The maximum absolute atomic E-state index is 6.17. The first-order valence-electron chi connectivity index (χ1n) is 6.36. The summed E-state index contributed by atoms with van der Waals surface area (Å²) in [5.74, 6) is 0. The zero-order chi connectivity index (χ0) is 11.1. The number of hydrogen-bond donors (Lipinski definition) is 1. The number of ether oxygens (including phenoxy) is 1. The van der Waals surface area contributed by atoms with Crippen LogP contribution in [0.5, 0.6) is 0 Å². The van der Waals surface area contributed by atoms with Crippen molar-refractivity contribution in [1.82, 2.24) is 5.32 Å². The van der Waals surface area contributed by atoms with Crippen LogP contribution in [0.2, 0.25) is 0 Å². The summed E-state index contributed by atoms with van der Waals surface area (Å²) in [7, 11) is 0. The van der Waals surface area contributed by atoms with Crippen LogP contribution in [0.4, 0.5) is 0 Å². The van der Waals surface area contributed by atoms with Gasteiger partial charge in [-0.15, -0.1) is 0 Å². The molecule has 0 aromatic heterocycles. The molecule has 2 unspecified atom stereocenters. The van der Waals surface area contributed by atoms with Gasteiger partial charge in [0, 0.05) is 6.04 Å². The lowest BCUT2D eigenvalue weighted by Crippen LogP contribution is -2.59. The quantitative estimate of drug-likeness (QED) is 0.665. The molecule has 2 nitrogen and oxygen atoms in total. The van der Waals surface area contributed by atoms with E-state index >= 15 is 0 Å². The Kier molecular flexibility index (Phi) is 2.85. The van der Waals surface area contributed by atoms with E-state index in [1.165, 1.54) is 25.7 Å². The molecule has 0 aromatic carbocycles. The van der Waals surface area contributed by atoms with Gasteiger partial charge in [-0.1, -0.05) is 13.8 Å². The van der Waals surface area contributed by atoms with E-state index in [1.807, 2.05) is 0 Å². The maximum atomic E-state index is 6.17. The SMILES string of the molecule is CC1CC(C)OC2(CCC(C)(C)CC2)N1. The number of rotatable bonds is 0. The van der Waals surface area contributed by atoms with Crippen molar-refractivity contribution in [3.05, 3.63) is 0 Å². The van der Waals surface area contributed by atoms with Crippen LogP contribution in [0.25, 0.3) is 0 Å². The van der Waals surface area contributed by atoms with Crippen molar-refractivity contribution in [3.8, 4) is 0 Å². The Labute approximate surface area is 93.8 Å². The highest BCUT2D eigenvalue weighted by molar-refractivity contribution is 4.93. The van der Waals surface area contributed by atoms with Crippen molar-refractivity contribution >= 4 is 0 Å². The van der Waals surface area contributed by atoms with Crippen LogP contribution in [0.1, 0.15) is 59.8 Å². The predicted molar refractivity (Wildman–Crippen MR) is 62.7 cm³/mol. The lowest BCUT2D eigenvalue weighted by Gasteiger charge is -2.49. The summed E-state index contributed by atoms with van der Waals surface area (Å²) in [6.45, 7) is 9.23. The average Bonchev–Trinajstić information content (AvgIpc) is 2.10. The molecule has 1 spiro atoms. The minimum absolute atomic E-state index is 0.00655. The molecular weight excluding hydrogens is 186 g/mol. The highest BCUT2D eigenvalue weighted by atomic mass is 16.5. The molecule has 1 N–H and O–H groups in total. The van der Waals surface area contributed by atoms with Gasteiger partial charge >= 0.3 is 0 Å². The molecule has 0 radical (unpaired) electrons. The van der Waals surface area contributed by atoms with Crippen LogP contribution in [0, 0.1) is 5.41 Å². The second-order valence-corrected chi connectivity index (χ2v) is 6.37. The summed E-state index contributed by atoms with van der Waals surface area (Å²) in [4.78, 5) is 0. The molecule has 1 aliphatic carbocycles. The largest absolute Gasteiger partial charge is 0.358 e. The third-order valence-corrected chi connectivity index (χ3v) is 4.03. The topological polar surface area (TPSA) is 21.3 Å². The highest BCUT2D eigenvalue weighted by Crippen LogP contribution is 2.42. The van der Waals surface area contributed by atoms with Gasteiger partial charge in [-0.05, 0) is 51.4 Å². The van der Waals surface area contributed by atoms with Gasteiger partial charge in [0.15, 0.2) is 0 Å². The Morgan fingerprint density at radius 3 is 2.20 bits per heavy atom. The first kappa shape index (κ1) is 11.4. The summed E-state index contributed by atoms with van der Waals surface area (Å²) in [5, 5.41) is 3.68. The fourth-order valence-corrected chi connectivity index (χ4v) is 3.07. The Balaban J connectivity index is 2.02. The second kappa shape index (κ2) is 3.74. The number of hydrogen-bond acceptors (Lipinski definition) is 2. The molecule has 88 valence electrons. The van der Waals surface area contributed by atoms with Crippen LogP contribution in [0.15, 0.2) is 0 Å². The Morgan fingerprint density at radius 2 is 1.67 bits per heavy atom. The van der Waals surface area contributed by atoms with Gasteiger partial charge in [-0.3, -0.25) is 5.32 Å². The molecule has 1 heterocycles. The summed E-state index contributed by atoms with van der Waals surface area (Å²) in [5.41, 5.74) is 0.521. The molecule has 15 heavy (non-hydrogen) atoms. The smallest absolute Gasteiger partial charge is 0.119 e. The molecule has 0 amide bonds. The Hall–Kier alpha value is -0.0800. The van der Waals surface area contributed by atoms with Crippen molar-refractivity contribution in [2.75, 3.05) is 0 Å². The minimum Gasteiger partial charge on any atom is -0.358 e. The third-order valence-electron chi connectivity index (χ3n) is 4.03. The molecule has 0 aromatic rings. The molecule has 2 atom stereocenters.